The molecule has 0 aliphatic carbocycles. The van der Waals surface area contributed by atoms with E-state index in [-0.39, 0.29) is 5.82 Å². The van der Waals surface area contributed by atoms with Gasteiger partial charge in [-0.2, -0.15) is 0 Å². The molecule has 0 heterocycles. The Balaban J connectivity index is 2.48. The maximum absolute atomic E-state index is 13.0. The molecule has 2 aromatic carbocycles. The topological polar surface area (TPSA) is 0 Å². The Morgan fingerprint density at radius 2 is 1.82 bits per heavy atom. The Morgan fingerprint density at radius 3 is 2.47 bits per heavy atom. The first-order valence-electron chi connectivity index (χ1n) is 5.15. The molecule has 0 aliphatic rings. The Labute approximate surface area is 110 Å². The fourth-order valence-corrected chi connectivity index (χ4v) is 2.37. The molecule has 0 nitrogen and oxygen atoms in total. The molecule has 3 heteroatoms. The van der Waals surface area contributed by atoms with Crippen LogP contribution >= 0.6 is 23.8 Å². The Morgan fingerprint density at radius 1 is 1.12 bits per heavy atom. The minimum absolute atomic E-state index is 0.256. The third-order valence-electron chi connectivity index (χ3n) is 2.55. The fraction of sp³-hybridized carbons (Fsp3) is 0.0714. The third-order valence-corrected chi connectivity index (χ3v) is 3.32. The van der Waals surface area contributed by atoms with Crippen molar-refractivity contribution in [1.82, 2.24) is 0 Å². The molecule has 17 heavy (non-hydrogen) atoms. The predicted octanol–water partition coefficient (Wildman–Crippen LogP) is 4.55. The molecule has 86 valence electrons. The molecule has 2 aromatic rings. The highest BCUT2D eigenvalue weighted by atomic mass is 35.5. The zero-order valence-electron chi connectivity index (χ0n) is 9.21. The number of aryl methyl sites for hydroxylation is 1. The van der Waals surface area contributed by atoms with Gasteiger partial charge in [0.2, 0.25) is 0 Å². The average Bonchev–Trinajstić information content (AvgIpc) is 2.29. The van der Waals surface area contributed by atoms with Crippen LogP contribution in [-0.4, -0.2) is 4.86 Å². The summed E-state index contributed by atoms with van der Waals surface area (Å²) in [6, 6.07) is 12.0. The largest absolute Gasteiger partial charge is 0.207 e. The number of halogens is 2. The molecular weight excluding hydrogens is 255 g/mol. The van der Waals surface area contributed by atoms with Gasteiger partial charge in [0.1, 0.15) is 5.82 Å². The van der Waals surface area contributed by atoms with Gasteiger partial charge in [-0.3, -0.25) is 0 Å². The van der Waals surface area contributed by atoms with E-state index in [1.807, 2.05) is 25.1 Å². The smallest absolute Gasteiger partial charge is 0.123 e. The Hall–Kier alpha value is -1.25. The van der Waals surface area contributed by atoms with Crippen LogP contribution in [0, 0.1) is 12.7 Å². The van der Waals surface area contributed by atoms with E-state index in [1.54, 1.807) is 12.1 Å². The first-order valence-corrected chi connectivity index (χ1v) is 5.93. The van der Waals surface area contributed by atoms with Crippen molar-refractivity contribution >= 4 is 28.7 Å². The van der Waals surface area contributed by atoms with E-state index in [9.17, 15) is 4.39 Å². The minimum Gasteiger partial charge on any atom is -0.207 e. The predicted molar refractivity (Wildman–Crippen MR) is 73.4 cm³/mol. The second kappa shape index (κ2) is 4.94. The van der Waals surface area contributed by atoms with Crippen molar-refractivity contribution in [1.29, 1.82) is 0 Å². The van der Waals surface area contributed by atoms with Crippen LogP contribution in [0.15, 0.2) is 42.5 Å². The molecule has 0 radical (unpaired) electrons. The van der Waals surface area contributed by atoms with E-state index < -0.39 is 0 Å². The standard InChI is InChI=1S/C14H10ClFS/c1-9-8-10(16)6-7-11(9)14(17)12-4-2-3-5-13(12)15/h2-8H,1H3. The van der Waals surface area contributed by atoms with Crippen LogP contribution in [0.3, 0.4) is 0 Å². The molecule has 0 fully saturated rings. The molecule has 0 atom stereocenters. The Bertz CT molecular complexity index is 578. The number of hydrogen-bond donors (Lipinski definition) is 0. The summed E-state index contributed by atoms with van der Waals surface area (Å²) < 4.78 is 13.0. The van der Waals surface area contributed by atoms with E-state index in [2.05, 4.69) is 0 Å². The number of rotatable bonds is 2. The molecule has 0 amide bonds. The van der Waals surface area contributed by atoms with Crippen LogP contribution < -0.4 is 0 Å². The molecule has 0 spiro atoms. The summed E-state index contributed by atoms with van der Waals surface area (Å²) in [7, 11) is 0. The molecule has 2 rings (SSSR count). The lowest BCUT2D eigenvalue weighted by Gasteiger charge is -2.09. The van der Waals surface area contributed by atoms with Crippen LogP contribution in [0.4, 0.5) is 4.39 Å². The second-order valence-corrected chi connectivity index (χ2v) is 4.58. The SMILES string of the molecule is Cc1cc(F)ccc1C(=S)c1ccccc1Cl. The van der Waals surface area contributed by atoms with Crippen molar-refractivity contribution in [3.63, 3.8) is 0 Å². The summed E-state index contributed by atoms with van der Waals surface area (Å²) in [5.74, 6) is -0.256. The summed E-state index contributed by atoms with van der Waals surface area (Å²) in [6.45, 7) is 1.83. The van der Waals surface area contributed by atoms with Crippen molar-refractivity contribution in [3.8, 4) is 0 Å². The lowest BCUT2D eigenvalue weighted by Crippen LogP contribution is -2.03. The molecule has 0 aromatic heterocycles. The lowest BCUT2D eigenvalue weighted by molar-refractivity contribution is 0.626. The molecule has 0 aliphatic heterocycles. The van der Waals surface area contributed by atoms with Crippen molar-refractivity contribution < 1.29 is 4.39 Å². The van der Waals surface area contributed by atoms with Gasteiger partial charge in [0.25, 0.3) is 0 Å². The summed E-state index contributed by atoms with van der Waals surface area (Å²) in [6.07, 6.45) is 0. The van der Waals surface area contributed by atoms with Gasteiger partial charge in [0.05, 0.1) is 4.86 Å². The molecule has 0 bridgehead atoms. The minimum atomic E-state index is -0.256. The van der Waals surface area contributed by atoms with Gasteiger partial charge in [-0.1, -0.05) is 48.1 Å². The van der Waals surface area contributed by atoms with E-state index in [4.69, 9.17) is 23.8 Å². The summed E-state index contributed by atoms with van der Waals surface area (Å²) in [5.41, 5.74) is 2.46. The average molecular weight is 265 g/mol. The van der Waals surface area contributed by atoms with Crippen LogP contribution in [0.2, 0.25) is 5.02 Å². The summed E-state index contributed by atoms with van der Waals surface area (Å²) in [5, 5.41) is 0.612. The lowest BCUT2D eigenvalue weighted by atomic mass is 10.0. The molecule has 0 unspecified atom stereocenters. The van der Waals surface area contributed by atoms with Crippen molar-refractivity contribution in [2.24, 2.45) is 0 Å². The molecule has 0 saturated carbocycles. The zero-order valence-corrected chi connectivity index (χ0v) is 10.8. The van der Waals surface area contributed by atoms with Gasteiger partial charge in [-0.25, -0.2) is 4.39 Å². The Kier molecular flexibility index (Phi) is 3.55. The van der Waals surface area contributed by atoms with E-state index in [1.165, 1.54) is 12.1 Å². The maximum atomic E-state index is 13.0. The maximum Gasteiger partial charge on any atom is 0.123 e. The highest BCUT2D eigenvalue weighted by molar-refractivity contribution is 7.81. The highest BCUT2D eigenvalue weighted by Gasteiger charge is 2.10. The van der Waals surface area contributed by atoms with Crippen LogP contribution in [0.1, 0.15) is 16.7 Å². The first-order chi connectivity index (χ1) is 8.09. The van der Waals surface area contributed by atoms with Gasteiger partial charge < -0.3 is 0 Å². The third kappa shape index (κ3) is 2.54. The number of thiocarbonyl (C=S) groups is 1. The van der Waals surface area contributed by atoms with Crippen molar-refractivity contribution in [2.45, 2.75) is 6.92 Å². The van der Waals surface area contributed by atoms with Gasteiger partial charge in [0.15, 0.2) is 0 Å². The molecular formula is C14H10ClFS. The second-order valence-electron chi connectivity index (χ2n) is 3.77. The normalized spacial score (nSPS) is 10.3. The zero-order chi connectivity index (χ0) is 12.4. The summed E-state index contributed by atoms with van der Waals surface area (Å²) in [4.78, 5) is 0.646. The van der Waals surface area contributed by atoms with E-state index >= 15 is 0 Å². The van der Waals surface area contributed by atoms with Crippen LogP contribution in [0.5, 0.6) is 0 Å². The molecule has 0 N–H and O–H groups in total. The molecule has 0 saturated heterocycles. The first kappa shape index (κ1) is 12.2. The number of benzene rings is 2. The van der Waals surface area contributed by atoms with Crippen LogP contribution in [0.25, 0.3) is 0 Å². The monoisotopic (exact) mass is 264 g/mol. The number of hydrogen-bond acceptors (Lipinski definition) is 1. The van der Waals surface area contributed by atoms with Gasteiger partial charge in [0, 0.05) is 10.6 Å². The van der Waals surface area contributed by atoms with E-state index in [0.717, 1.165) is 16.7 Å². The highest BCUT2D eigenvalue weighted by Crippen LogP contribution is 2.22. The van der Waals surface area contributed by atoms with Gasteiger partial charge >= 0.3 is 0 Å². The fourth-order valence-electron chi connectivity index (χ4n) is 1.67. The quantitative estimate of drug-likeness (QED) is 0.566. The van der Waals surface area contributed by atoms with Crippen molar-refractivity contribution in [2.75, 3.05) is 0 Å². The van der Waals surface area contributed by atoms with Crippen molar-refractivity contribution in [3.05, 3.63) is 70.0 Å². The summed E-state index contributed by atoms with van der Waals surface area (Å²) >= 11 is 11.5. The van der Waals surface area contributed by atoms with E-state index in [0.29, 0.717) is 9.89 Å². The van der Waals surface area contributed by atoms with Gasteiger partial charge in [-0.05, 0) is 36.2 Å². The van der Waals surface area contributed by atoms with Gasteiger partial charge in [-0.15, -0.1) is 0 Å². The van der Waals surface area contributed by atoms with Crippen LogP contribution in [-0.2, 0) is 0 Å².